The van der Waals surface area contributed by atoms with Gasteiger partial charge in [-0.15, -0.1) is 0 Å². The number of nitrogens with one attached hydrogen (secondary N) is 2. The number of carbonyl (C=O) groups is 2. The number of halogens is 1. The van der Waals surface area contributed by atoms with E-state index in [-0.39, 0.29) is 13.2 Å². The summed E-state index contributed by atoms with van der Waals surface area (Å²) < 4.78 is 4.79. The van der Waals surface area contributed by atoms with Crippen LogP contribution in [-0.4, -0.2) is 42.8 Å². The lowest BCUT2D eigenvalue weighted by Crippen LogP contribution is -2.46. The van der Waals surface area contributed by atoms with E-state index in [1.165, 1.54) is 14.0 Å². The Morgan fingerprint density at radius 1 is 1.30 bits per heavy atom. The molecule has 0 aromatic heterocycles. The van der Waals surface area contributed by atoms with Gasteiger partial charge in [-0.1, -0.05) is 11.6 Å². The van der Waals surface area contributed by atoms with Gasteiger partial charge in [0.2, 0.25) is 0 Å². The minimum atomic E-state index is -1.23. The van der Waals surface area contributed by atoms with Gasteiger partial charge in [0, 0.05) is 24.4 Å². The van der Waals surface area contributed by atoms with Gasteiger partial charge in [-0.3, -0.25) is 9.59 Å². The second-order valence-corrected chi connectivity index (χ2v) is 5.01. The summed E-state index contributed by atoms with van der Waals surface area (Å²) in [5, 5.41) is 15.1. The van der Waals surface area contributed by atoms with Gasteiger partial charge in [0.1, 0.15) is 5.60 Å². The van der Waals surface area contributed by atoms with Crippen molar-refractivity contribution >= 4 is 29.1 Å². The Hall–Kier alpha value is -1.63. The second-order valence-electron chi connectivity index (χ2n) is 4.57. The summed E-state index contributed by atoms with van der Waals surface area (Å²) in [6.45, 7) is 1.45. The molecule has 6 nitrogen and oxygen atoms in total. The molecule has 20 heavy (non-hydrogen) atoms. The zero-order valence-corrected chi connectivity index (χ0v) is 12.0. The lowest BCUT2D eigenvalue weighted by molar-refractivity contribution is -0.137. The first-order valence-electron chi connectivity index (χ1n) is 5.90. The molecule has 0 aliphatic rings. The van der Waals surface area contributed by atoms with Gasteiger partial charge in [-0.25, -0.2) is 0 Å². The summed E-state index contributed by atoms with van der Waals surface area (Å²) in [6, 6.07) is 6.35. The Labute approximate surface area is 122 Å². The van der Waals surface area contributed by atoms with Crippen molar-refractivity contribution in [3.8, 4) is 0 Å². The number of hydrogen-bond donors (Lipinski definition) is 3. The van der Waals surface area contributed by atoms with Crippen LogP contribution < -0.4 is 10.6 Å². The highest BCUT2D eigenvalue weighted by atomic mass is 35.5. The van der Waals surface area contributed by atoms with Crippen LogP contribution in [0.15, 0.2) is 24.3 Å². The lowest BCUT2D eigenvalue weighted by Gasteiger charge is -2.22. The Bertz CT molecular complexity index is 474. The fourth-order valence-electron chi connectivity index (χ4n) is 1.43. The molecule has 0 fully saturated rings. The summed E-state index contributed by atoms with van der Waals surface area (Å²) in [7, 11) is 1.43. The van der Waals surface area contributed by atoms with Crippen LogP contribution in [-0.2, 0) is 14.3 Å². The Morgan fingerprint density at radius 3 is 2.45 bits per heavy atom. The van der Waals surface area contributed by atoms with E-state index in [1.807, 2.05) is 0 Å². The SMILES string of the molecule is COCC(C)(O)CNC(=O)C(=O)Nc1ccc(Cl)cc1. The van der Waals surface area contributed by atoms with Crippen molar-refractivity contribution in [3.05, 3.63) is 29.3 Å². The molecule has 0 radical (unpaired) electrons. The summed E-state index contributed by atoms with van der Waals surface area (Å²) >= 11 is 5.71. The van der Waals surface area contributed by atoms with E-state index in [0.717, 1.165) is 0 Å². The van der Waals surface area contributed by atoms with Crippen LogP contribution in [0, 0.1) is 0 Å². The highest BCUT2D eigenvalue weighted by Crippen LogP contribution is 2.13. The van der Waals surface area contributed by atoms with Gasteiger partial charge in [0.15, 0.2) is 0 Å². The molecule has 1 rings (SSSR count). The molecule has 1 aromatic rings. The van der Waals surface area contributed by atoms with E-state index < -0.39 is 17.4 Å². The molecule has 0 aliphatic heterocycles. The van der Waals surface area contributed by atoms with Gasteiger partial charge >= 0.3 is 11.8 Å². The molecule has 0 saturated carbocycles. The Morgan fingerprint density at radius 2 is 1.90 bits per heavy atom. The predicted octanol–water partition coefficient (Wildman–Crippen LogP) is 0.792. The molecule has 7 heteroatoms. The van der Waals surface area contributed by atoms with Gasteiger partial charge in [0.25, 0.3) is 0 Å². The molecule has 0 spiro atoms. The van der Waals surface area contributed by atoms with Gasteiger partial charge in [-0.05, 0) is 31.2 Å². The molecule has 0 saturated heterocycles. The molecule has 2 amide bonds. The van der Waals surface area contributed by atoms with Crippen LogP contribution in [0.5, 0.6) is 0 Å². The van der Waals surface area contributed by atoms with Gasteiger partial charge in [0.05, 0.1) is 6.61 Å². The summed E-state index contributed by atoms with van der Waals surface area (Å²) in [4.78, 5) is 23.2. The molecule has 0 aliphatic carbocycles. The second kappa shape index (κ2) is 7.23. The summed E-state index contributed by atoms with van der Waals surface area (Å²) in [5.74, 6) is -1.66. The maximum absolute atomic E-state index is 11.6. The number of benzene rings is 1. The van der Waals surface area contributed by atoms with E-state index >= 15 is 0 Å². The third kappa shape index (κ3) is 5.56. The number of rotatable bonds is 5. The molecular formula is C13H17ClN2O4. The number of carbonyl (C=O) groups excluding carboxylic acids is 2. The third-order valence-electron chi connectivity index (χ3n) is 2.39. The first-order chi connectivity index (χ1) is 9.34. The smallest absolute Gasteiger partial charge is 0.313 e. The van der Waals surface area contributed by atoms with Crippen molar-refractivity contribution in [2.24, 2.45) is 0 Å². The van der Waals surface area contributed by atoms with Crippen LogP contribution in [0.2, 0.25) is 5.02 Å². The van der Waals surface area contributed by atoms with Crippen molar-refractivity contribution in [1.82, 2.24) is 5.32 Å². The van der Waals surface area contributed by atoms with E-state index in [9.17, 15) is 14.7 Å². The van der Waals surface area contributed by atoms with Crippen molar-refractivity contribution in [2.45, 2.75) is 12.5 Å². The Kier molecular flexibility index (Phi) is 5.94. The van der Waals surface area contributed by atoms with Crippen LogP contribution in [0.25, 0.3) is 0 Å². The van der Waals surface area contributed by atoms with Crippen LogP contribution in [0.4, 0.5) is 5.69 Å². The van der Waals surface area contributed by atoms with Crippen molar-refractivity contribution < 1.29 is 19.4 Å². The van der Waals surface area contributed by atoms with Crippen LogP contribution in [0.1, 0.15) is 6.92 Å². The largest absolute Gasteiger partial charge is 0.386 e. The zero-order chi connectivity index (χ0) is 15.2. The first kappa shape index (κ1) is 16.4. The average molecular weight is 301 g/mol. The molecule has 0 bridgehead atoms. The molecular weight excluding hydrogens is 284 g/mol. The zero-order valence-electron chi connectivity index (χ0n) is 11.3. The van der Waals surface area contributed by atoms with Crippen molar-refractivity contribution in [2.75, 3.05) is 25.6 Å². The molecule has 1 unspecified atom stereocenters. The van der Waals surface area contributed by atoms with Crippen molar-refractivity contribution in [1.29, 1.82) is 0 Å². The topological polar surface area (TPSA) is 87.7 Å². The maximum atomic E-state index is 11.6. The first-order valence-corrected chi connectivity index (χ1v) is 6.28. The number of aliphatic hydroxyl groups is 1. The summed E-state index contributed by atoms with van der Waals surface area (Å²) in [5.41, 5.74) is -0.775. The molecule has 1 atom stereocenters. The van der Waals surface area contributed by atoms with Gasteiger partial charge < -0.3 is 20.5 Å². The molecule has 110 valence electrons. The van der Waals surface area contributed by atoms with Crippen LogP contribution >= 0.6 is 11.6 Å². The van der Waals surface area contributed by atoms with Crippen molar-refractivity contribution in [3.63, 3.8) is 0 Å². The third-order valence-corrected chi connectivity index (χ3v) is 2.65. The molecule has 1 aromatic carbocycles. The van der Waals surface area contributed by atoms with Gasteiger partial charge in [-0.2, -0.15) is 0 Å². The maximum Gasteiger partial charge on any atom is 0.313 e. The number of amides is 2. The molecule has 3 N–H and O–H groups in total. The fourth-order valence-corrected chi connectivity index (χ4v) is 1.56. The highest BCUT2D eigenvalue weighted by Gasteiger charge is 2.23. The molecule has 0 heterocycles. The average Bonchev–Trinajstić information content (AvgIpc) is 2.38. The fraction of sp³-hybridized carbons (Fsp3) is 0.385. The normalized spacial score (nSPS) is 13.4. The predicted molar refractivity (Wildman–Crippen MR) is 75.6 cm³/mol. The van der Waals surface area contributed by atoms with Crippen LogP contribution in [0.3, 0.4) is 0 Å². The monoisotopic (exact) mass is 300 g/mol. The minimum absolute atomic E-state index is 0.0477. The number of ether oxygens (including phenoxy) is 1. The quantitative estimate of drug-likeness (QED) is 0.702. The summed E-state index contributed by atoms with van der Waals surface area (Å²) in [6.07, 6.45) is 0. The van der Waals surface area contributed by atoms with E-state index in [2.05, 4.69) is 10.6 Å². The minimum Gasteiger partial charge on any atom is -0.386 e. The van der Waals surface area contributed by atoms with E-state index in [1.54, 1.807) is 24.3 Å². The number of methoxy groups -OCH3 is 1. The highest BCUT2D eigenvalue weighted by molar-refractivity contribution is 6.39. The Balaban J connectivity index is 2.47. The van der Waals surface area contributed by atoms with E-state index in [0.29, 0.717) is 10.7 Å². The van der Waals surface area contributed by atoms with E-state index in [4.69, 9.17) is 16.3 Å². The number of anilines is 1. The lowest BCUT2D eigenvalue weighted by atomic mass is 10.1. The number of hydrogen-bond acceptors (Lipinski definition) is 4. The standard InChI is InChI=1S/C13H17ClN2O4/c1-13(19,8-20-2)7-15-11(17)12(18)16-10-5-3-9(14)4-6-10/h3-6,19H,7-8H2,1-2H3,(H,15,17)(H,16,18).